The van der Waals surface area contributed by atoms with Crippen molar-refractivity contribution in [2.24, 2.45) is 0 Å². The minimum atomic E-state index is 0.516. The zero-order valence-corrected chi connectivity index (χ0v) is 15.5. The maximum atomic E-state index is 4.75. The molecule has 130 valence electrons. The normalized spacial score (nSPS) is 17.9. The van der Waals surface area contributed by atoms with Crippen LogP contribution in [0.15, 0.2) is 30.5 Å². The molecular weight excluding hydrogens is 296 g/mol. The molecule has 0 aliphatic carbocycles. The van der Waals surface area contributed by atoms with Gasteiger partial charge in [-0.2, -0.15) is 5.10 Å². The molecule has 1 atom stereocenters. The van der Waals surface area contributed by atoms with Gasteiger partial charge in [-0.15, -0.1) is 0 Å². The van der Waals surface area contributed by atoms with Crippen LogP contribution in [0.25, 0.3) is 0 Å². The van der Waals surface area contributed by atoms with Crippen LogP contribution >= 0.6 is 0 Å². The Hall–Kier alpha value is -1.81. The minimum Gasteiger partial charge on any atom is -0.349 e. The minimum absolute atomic E-state index is 0.516. The Morgan fingerprint density at radius 2 is 2.12 bits per heavy atom. The highest BCUT2D eigenvalue weighted by atomic mass is 15.3. The van der Waals surface area contributed by atoms with E-state index in [2.05, 4.69) is 66.8 Å². The average molecular weight is 326 g/mol. The van der Waals surface area contributed by atoms with E-state index in [1.165, 1.54) is 29.8 Å². The van der Waals surface area contributed by atoms with E-state index in [1.54, 1.807) is 0 Å². The summed E-state index contributed by atoms with van der Waals surface area (Å²) >= 11 is 0. The molecule has 1 aliphatic rings. The first kappa shape index (κ1) is 17.0. The molecule has 0 bridgehead atoms. The summed E-state index contributed by atoms with van der Waals surface area (Å²) in [6.07, 6.45) is 4.64. The molecule has 3 rings (SSSR count). The molecule has 2 aromatic rings. The summed E-state index contributed by atoms with van der Waals surface area (Å²) in [6.45, 7) is 16.7. The molecule has 0 N–H and O–H groups in total. The molecule has 0 saturated carbocycles. The zero-order valence-electron chi connectivity index (χ0n) is 15.5. The molecule has 0 amide bonds. The van der Waals surface area contributed by atoms with Gasteiger partial charge in [0.2, 0.25) is 0 Å². The molecule has 0 saturated heterocycles. The van der Waals surface area contributed by atoms with Crippen LogP contribution in [-0.2, 0) is 19.6 Å². The summed E-state index contributed by atoms with van der Waals surface area (Å²) in [7, 11) is 0. The molecule has 0 radical (unpaired) electrons. The number of rotatable bonds is 6. The molecule has 2 aromatic heterocycles. The molecule has 1 unspecified atom stereocenters. The smallest absolute Gasteiger partial charge is 0.0641 e. The van der Waals surface area contributed by atoms with E-state index >= 15 is 0 Å². The summed E-state index contributed by atoms with van der Waals surface area (Å²) in [5, 5.41) is 4.75. The fourth-order valence-electron chi connectivity index (χ4n) is 3.88. The maximum Gasteiger partial charge on any atom is 0.0641 e. The van der Waals surface area contributed by atoms with Crippen molar-refractivity contribution < 1.29 is 0 Å². The molecule has 0 spiro atoms. The molecular formula is C20H30N4. The van der Waals surface area contributed by atoms with Crippen molar-refractivity contribution in [1.82, 2.24) is 19.2 Å². The molecule has 3 heterocycles. The lowest BCUT2D eigenvalue weighted by Gasteiger charge is -2.37. The Morgan fingerprint density at radius 1 is 1.33 bits per heavy atom. The number of allylic oxidation sites excluding steroid dienone is 1. The van der Waals surface area contributed by atoms with E-state index in [4.69, 9.17) is 5.10 Å². The zero-order chi connectivity index (χ0) is 17.3. The van der Waals surface area contributed by atoms with Gasteiger partial charge in [0, 0.05) is 42.8 Å². The first-order valence-corrected chi connectivity index (χ1v) is 9.07. The molecule has 4 heteroatoms. The molecule has 4 nitrogen and oxygen atoms in total. The fourth-order valence-corrected chi connectivity index (χ4v) is 3.88. The van der Waals surface area contributed by atoms with Crippen LogP contribution in [0.4, 0.5) is 0 Å². The standard InChI is InChI=1S/C20H30N4/c1-6-8-19-20-9-7-10-22(20)11-12-23(19)14-18-16(4)21-24(17(18)5)13-15(2)3/h7,9-10,19H,2,6,8,11-14H2,1,3-5H3. The van der Waals surface area contributed by atoms with E-state index in [9.17, 15) is 0 Å². The summed E-state index contributed by atoms with van der Waals surface area (Å²) in [4.78, 5) is 2.64. The maximum absolute atomic E-state index is 4.75. The van der Waals surface area contributed by atoms with Crippen molar-refractivity contribution in [3.8, 4) is 0 Å². The molecule has 1 aliphatic heterocycles. The Balaban J connectivity index is 1.85. The van der Waals surface area contributed by atoms with Crippen molar-refractivity contribution in [1.29, 1.82) is 0 Å². The van der Waals surface area contributed by atoms with Gasteiger partial charge in [-0.3, -0.25) is 9.58 Å². The number of aryl methyl sites for hydroxylation is 1. The highest BCUT2D eigenvalue weighted by Gasteiger charge is 2.28. The number of aromatic nitrogens is 3. The van der Waals surface area contributed by atoms with Gasteiger partial charge in [0.15, 0.2) is 0 Å². The fraction of sp³-hybridized carbons (Fsp3) is 0.550. The van der Waals surface area contributed by atoms with Gasteiger partial charge in [-0.1, -0.05) is 25.5 Å². The third kappa shape index (κ3) is 3.20. The Labute approximate surface area is 145 Å². The van der Waals surface area contributed by atoms with Crippen LogP contribution < -0.4 is 0 Å². The lowest BCUT2D eigenvalue weighted by Crippen LogP contribution is -2.37. The quantitative estimate of drug-likeness (QED) is 0.742. The second-order valence-electron chi connectivity index (χ2n) is 7.17. The first-order chi connectivity index (χ1) is 11.5. The highest BCUT2D eigenvalue weighted by molar-refractivity contribution is 5.26. The third-order valence-corrected chi connectivity index (χ3v) is 5.15. The van der Waals surface area contributed by atoms with Crippen molar-refractivity contribution in [3.63, 3.8) is 0 Å². The van der Waals surface area contributed by atoms with Gasteiger partial charge in [0.25, 0.3) is 0 Å². The lowest BCUT2D eigenvalue weighted by atomic mass is 10.0. The van der Waals surface area contributed by atoms with E-state index in [-0.39, 0.29) is 0 Å². The second-order valence-corrected chi connectivity index (χ2v) is 7.17. The van der Waals surface area contributed by atoms with Crippen LogP contribution in [0.1, 0.15) is 55.4 Å². The van der Waals surface area contributed by atoms with Crippen LogP contribution in [0.3, 0.4) is 0 Å². The predicted octanol–water partition coefficient (Wildman–Crippen LogP) is 4.23. The van der Waals surface area contributed by atoms with Crippen molar-refractivity contribution >= 4 is 0 Å². The van der Waals surface area contributed by atoms with Crippen molar-refractivity contribution in [3.05, 3.63) is 53.1 Å². The van der Waals surface area contributed by atoms with E-state index in [1.807, 2.05) is 0 Å². The Morgan fingerprint density at radius 3 is 2.83 bits per heavy atom. The summed E-state index contributed by atoms with van der Waals surface area (Å²) in [5.41, 5.74) is 6.44. The van der Waals surface area contributed by atoms with E-state index in [0.717, 1.165) is 37.4 Å². The van der Waals surface area contributed by atoms with Gasteiger partial charge in [-0.25, -0.2) is 0 Å². The largest absolute Gasteiger partial charge is 0.349 e. The molecule has 24 heavy (non-hydrogen) atoms. The van der Waals surface area contributed by atoms with Gasteiger partial charge in [0.1, 0.15) is 0 Å². The highest BCUT2D eigenvalue weighted by Crippen LogP contribution is 2.32. The first-order valence-electron chi connectivity index (χ1n) is 9.07. The van der Waals surface area contributed by atoms with Crippen molar-refractivity contribution in [2.45, 2.75) is 66.2 Å². The summed E-state index contributed by atoms with van der Waals surface area (Å²) in [6, 6.07) is 4.99. The number of nitrogens with zero attached hydrogens (tertiary/aromatic N) is 4. The molecule has 0 fully saturated rings. The predicted molar refractivity (Wildman–Crippen MR) is 99.0 cm³/mol. The van der Waals surface area contributed by atoms with Crippen LogP contribution in [0, 0.1) is 13.8 Å². The monoisotopic (exact) mass is 326 g/mol. The number of fused-ring (bicyclic) bond motifs is 1. The number of hydrogen-bond acceptors (Lipinski definition) is 2. The Kier molecular flexibility index (Phi) is 4.95. The summed E-state index contributed by atoms with van der Waals surface area (Å²) < 4.78 is 4.52. The van der Waals surface area contributed by atoms with E-state index in [0.29, 0.717) is 6.04 Å². The van der Waals surface area contributed by atoms with Crippen LogP contribution in [0.5, 0.6) is 0 Å². The average Bonchev–Trinajstić information content (AvgIpc) is 3.09. The van der Waals surface area contributed by atoms with Crippen LogP contribution in [-0.4, -0.2) is 25.8 Å². The van der Waals surface area contributed by atoms with Crippen LogP contribution in [0.2, 0.25) is 0 Å². The number of hydrogen-bond donors (Lipinski definition) is 0. The van der Waals surface area contributed by atoms with Gasteiger partial charge in [-0.05, 0) is 39.3 Å². The lowest BCUT2D eigenvalue weighted by molar-refractivity contribution is 0.139. The third-order valence-electron chi connectivity index (χ3n) is 5.15. The van der Waals surface area contributed by atoms with Crippen molar-refractivity contribution in [2.75, 3.05) is 6.54 Å². The molecule has 0 aromatic carbocycles. The van der Waals surface area contributed by atoms with Gasteiger partial charge < -0.3 is 4.57 Å². The summed E-state index contributed by atoms with van der Waals surface area (Å²) in [5.74, 6) is 0. The van der Waals surface area contributed by atoms with E-state index < -0.39 is 0 Å². The second kappa shape index (κ2) is 6.98. The van der Waals surface area contributed by atoms with Gasteiger partial charge >= 0.3 is 0 Å². The van der Waals surface area contributed by atoms with Gasteiger partial charge in [0.05, 0.1) is 18.3 Å². The Bertz CT molecular complexity index is 722. The topological polar surface area (TPSA) is 26.0 Å². The SMILES string of the molecule is C=C(C)Cn1nc(C)c(CN2CCn3cccc3C2CCC)c1C.